The van der Waals surface area contributed by atoms with Crippen molar-refractivity contribution in [1.82, 2.24) is 0 Å². The average molecular weight is 174 g/mol. The Kier molecular flexibility index (Phi) is 5.28. The van der Waals surface area contributed by atoms with Crippen LogP contribution in [0.25, 0.3) is 0 Å². The van der Waals surface area contributed by atoms with Gasteiger partial charge >= 0.3 is 5.97 Å². The molecule has 0 heterocycles. The van der Waals surface area contributed by atoms with Crippen molar-refractivity contribution in [3.8, 4) is 0 Å². The second kappa shape index (κ2) is 5.71. The SMILES string of the molecule is CC(=O)CCOC(=O)CC(C)O. The largest absolute Gasteiger partial charge is 0.465 e. The number of ether oxygens (including phenoxy) is 1. The van der Waals surface area contributed by atoms with Gasteiger partial charge in [0.1, 0.15) is 5.78 Å². The summed E-state index contributed by atoms with van der Waals surface area (Å²) in [6.45, 7) is 3.05. The summed E-state index contributed by atoms with van der Waals surface area (Å²) in [5.74, 6) is -0.480. The van der Waals surface area contributed by atoms with Gasteiger partial charge in [0.05, 0.1) is 19.1 Å². The molecule has 1 atom stereocenters. The number of carbonyl (C=O) groups is 2. The molecule has 0 aromatic heterocycles. The van der Waals surface area contributed by atoms with Crippen LogP contribution in [0.1, 0.15) is 26.7 Å². The Morgan fingerprint density at radius 2 is 2.08 bits per heavy atom. The van der Waals surface area contributed by atoms with E-state index in [1.165, 1.54) is 13.8 Å². The topological polar surface area (TPSA) is 63.6 Å². The maximum Gasteiger partial charge on any atom is 0.308 e. The van der Waals surface area contributed by atoms with E-state index in [1.807, 2.05) is 0 Å². The van der Waals surface area contributed by atoms with E-state index in [1.54, 1.807) is 0 Å². The van der Waals surface area contributed by atoms with Crippen molar-refractivity contribution in [2.75, 3.05) is 6.61 Å². The summed E-state index contributed by atoms with van der Waals surface area (Å²) in [6.07, 6.45) is -0.460. The zero-order valence-electron chi connectivity index (χ0n) is 7.37. The first-order chi connectivity index (χ1) is 5.52. The van der Waals surface area contributed by atoms with Crippen molar-refractivity contribution in [1.29, 1.82) is 0 Å². The second-order valence-corrected chi connectivity index (χ2v) is 2.73. The molecule has 0 aliphatic heterocycles. The number of ketones is 1. The molecule has 0 spiro atoms. The molecule has 0 aliphatic carbocycles. The van der Waals surface area contributed by atoms with Crippen LogP contribution in [0.15, 0.2) is 0 Å². The van der Waals surface area contributed by atoms with E-state index in [0.29, 0.717) is 0 Å². The van der Waals surface area contributed by atoms with Crippen molar-refractivity contribution < 1.29 is 19.4 Å². The molecule has 0 bridgehead atoms. The van der Waals surface area contributed by atoms with Gasteiger partial charge in [-0.15, -0.1) is 0 Å². The van der Waals surface area contributed by atoms with Crippen LogP contribution in [-0.2, 0) is 14.3 Å². The normalized spacial score (nSPS) is 12.2. The Morgan fingerprint density at radius 1 is 1.50 bits per heavy atom. The number of hydrogen-bond donors (Lipinski definition) is 1. The number of Topliss-reactive ketones (excluding diaryl/α,β-unsaturated/α-hetero) is 1. The van der Waals surface area contributed by atoms with Gasteiger partial charge in [0, 0.05) is 6.42 Å². The number of aliphatic hydroxyl groups excluding tert-OH is 1. The van der Waals surface area contributed by atoms with Crippen molar-refractivity contribution in [3.05, 3.63) is 0 Å². The third kappa shape index (κ3) is 7.21. The van der Waals surface area contributed by atoms with Gasteiger partial charge in [0.25, 0.3) is 0 Å². The van der Waals surface area contributed by atoms with Crippen molar-refractivity contribution in [2.45, 2.75) is 32.8 Å². The minimum Gasteiger partial charge on any atom is -0.465 e. The molecule has 0 aromatic carbocycles. The molecule has 0 fully saturated rings. The Balaban J connectivity index is 3.38. The van der Waals surface area contributed by atoms with Crippen LogP contribution >= 0.6 is 0 Å². The Hall–Kier alpha value is -0.900. The number of carbonyl (C=O) groups excluding carboxylic acids is 2. The van der Waals surface area contributed by atoms with Crippen LogP contribution in [-0.4, -0.2) is 29.6 Å². The first-order valence-corrected chi connectivity index (χ1v) is 3.85. The standard InChI is InChI=1S/C8H14O4/c1-6(9)3-4-12-8(11)5-7(2)10/h7,10H,3-5H2,1-2H3. The maximum absolute atomic E-state index is 10.7. The fourth-order valence-electron chi connectivity index (χ4n) is 0.609. The molecule has 0 saturated carbocycles. The van der Waals surface area contributed by atoms with E-state index in [0.717, 1.165) is 0 Å². The lowest BCUT2D eigenvalue weighted by molar-refractivity contribution is -0.146. The van der Waals surface area contributed by atoms with Gasteiger partial charge in [-0.05, 0) is 13.8 Å². The Bertz CT molecular complexity index is 162. The highest BCUT2D eigenvalue weighted by molar-refractivity contribution is 5.76. The molecular weight excluding hydrogens is 160 g/mol. The monoisotopic (exact) mass is 174 g/mol. The van der Waals surface area contributed by atoms with Gasteiger partial charge < -0.3 is 9.84 Å². The van der Waals surface area contributed by atoms with Gasteiger partial charge in [0.2, 0.25) is 0 Å². The lowest BCUT2D eigenvalue weighted by Gasteiger charge is -2.04. The Labute approximate surface area is 71.5 Å². The van der Waals surface area contributed by atoms with E-state index in [2.05, 4.69) is 4.74 Å². The van der Waals surface area contributed by atoms with E-state index in [4.69, 9.17) is 5.11 Å². The van der Waals surface area contributed by atoms with Crippen LogP contribution in [0.3, 0.4) is 0 Å². The minimum atomic E-state index is -0.685. The second-order valence-electron chi connectivity index (χ2n) is 2.73. The maximum atomic E-state index is 10.7. The lowest BCUT2D eigenvalue weighted by atomic mass is 10.3. The van der Waals surface area contributed by atoms with Gasteiger partial charge in [-0.25, -0.2) is 0 Å². The molecule has 0 saturated heterocycles. The third-order valence-electron chi connectivity index (χ3n) is 1.18. The molecule has 0 rings (SSSR count). The molecule has 0 aromatic rings. The lowest BCUT2D eigenvalue weighted by Crippen LogP contribution is -2.14. The minimum absolute atomic E-state index is 0.0140. The van der Waals surface area contributed by atoms with Crippen molar-refractivity contribution in [2.24, 2.45) is 0 Å². The highest BCUT2D eigenvalue weighted by Crippen LogP contribution is 1.94. The molecule has 0 amide bonds. The fourth-order valence-corrected chi connectivity index (χ4v) is 0.609. The first kappa shape index (κ1) is 11.1. The fraction of sp³-hybridized carbons (Fsp3) is 0.750. The average Bonchev–Trinajstić information content (AvgIpc) is 1.84. The molecule has 1 N–H and O–H groups in total. The summed E-state index contributed by atoms with van der Waals surface area (Å²) in [4.78, 5) is 21.1. The van der Waals surface area contributed by atoms with Crippen molar-refractivity contribution >= 4 is 11.8 Å². The van der Waals surface area contributed by atoms with Gasteiger partial charge in [-0.3, -0.25) is 9.59 Å². The van der Waals surface area contributed by atoms with E-state index in [9.17, 15) is 9.59 Å². The molecule has 12 heavy (non-hydrogen) atoms. The first-order valence-electron chi connectivity index (χ1n) is 3.85. The number of esters is 1. The summed E-state index contributed by atoms with van der Waals surface area (Å²) in [6, 6.07) is 0. The molecule has 70 valence electrons. The smallest absolute Gasteiger partial charge is 0.308 e. The molecule has 4 nitrogen and oxygen atoms in total. The van der Waals surface area contributed by atoms with Crippen molar-refractivity contribution in [3.63, 3.8) is 0 Å². The van der Waals surface area contributed by atoms with Crippen LogP contribution in [0.4, 0.5) is 0 Å². The molecule has 0 radical (unpaired) electrons. The molecule has 0 aliphatic rings. The predicted octanol–water partition coefficient (Wildman–Crippen LogP) is 0.280. The summed E-state index contributed by atoms with van der Waals surface area (Å²) < 4.78 is 4.64. The zero-order valence-corrected chi connectivity index (χ0v) is 7.37. The van der Waals surface area contributed by atoms with E-state index in [-0.39, 0.29) is 25.2 Å². The molecule has 1 unspecified atom stereocenters. The number of aliphatic hydroxyl groups is 1. The van der Waals surface area contributed by atoms with Crippen LogP contribution in [0.2, 0.25) is 0 Å². The van der Waals surface area contributed by atoms with Gasteiger partial charge in [0.15, 0.2) is 0 Å². The zero-order chi connectivity index (χ0) is 9.56. The van der Waals surface area contributed by atoms with Crippen LogP contribution in [0.5, 0.6) is 0 Å². The number of hydrogen-bond acceptors (Lipinski definition) is 4. The quantitative estimate of drug-likeness (QED) is 0.608. The third-order valence-corrected chi connectivity index (χ3v) is 1.18. The van der Waals surface area contributed by atoms with Crippen LogP contribution in [0, 0.1) is 0 Å². The van der Waals surface area contributed by atoms with E-state index >= 15 is 0 Å². The summed E-state index contributed by atoms with van der Waals surface area (Å²) in [5.41, 5.74) is 0. The summed E-state index contributed by atoms with van der Waals surface area (Å²) in [7, 11) is 0. The van der Waals surface area contributed by atoms with E-state index < -0.39 is 12.1 Å². The predicted molar refractivity (Wildman–Crippen MR) is 42.6 cm³/mol. The van der Waals surface area contributed by atoms with Gasteiger partial charge in [-0.2, -0.15) is 0 Å². The van der Waals surface area contributed by atoms with Gasteiger partial charge in [-0.1, -0.05) is 0 Å². The highest BCUT2D eigenvalue weighted by atomic mass is 16.5. The highest BCUT2D eigenvalue weighted by Gasteiger charge is 2.06. The summed E-state index contributed by atoms with van der Waals surface area (Å²) >= 11 is 0. The number of rotatable bonds is 5. The van der Waals surface area contributed by atoms with Crippen LogP contribution < -0.4 is 0 Å². The molecule has 4 heteroatoms. The molecular formula is C8H14O4. The summed E-state index contributed by atoms with van der Waals surface area (Å²) in [5, 5.41) is 8.76. The Morgan fingerprint density at radius 3 is 2.50 bits per heavy atom.